The van der Waals surface area contributed by atoms with Gasteiger partial charge < -0.3 is 16.8 Å². The number of rotatable bonds is 7. The first-order chi connectivity index (χ1) is 8.63. The molecule has 0 heterocycles. The van der Waals surface area contributed by atoms with Gasteiger partial charge in [0.1, 0.15) is 0 Å². The van der Waals surface area contributed by atoms with Crippen LogP contribution in [0, 0.1) is 0 Å². The molecule has 2 amide bonds. The van der Waals surface area contributed by atoms with Crippen molar-refractivity contribution in [1.82, 2.24) is 0 Å². The monoisotopic (exact) mass is 267 g/mol. The highest BCUT2D eigenvalue weighted by Crippen LogP contribution is 2.27. The number of primary amides is 1. The molecule has 6 heteroatoms. The third-order valence-electron chi connectivity index (χ3n) is 2.14. The van der Waals surface area contributed by atoms with Crippen LogP contribution in [0.3, 0.4) is 0 Å². The van der Waals surface area contributed by atoms with Gasteiger partial charge in [-0.15, -0.1) is 11.8 Å². The van der Waals surface area contributed by atoms with Crippen molar-refractivity contribution in [2.24, 2.45) is 11.5 Å². The van der Waals surface area contributed by atoms with Crippen molar-refractivity contribution in [3.05, 3.63) is 24.3 Å². The summed E-state index contributed by atoms with van der Waals surface area (Å²) in [7, 11) is 0. The van der Waals surface area contributed by atoms with Gasteiger partial charge >= 0.3 is 0 Å². The van der Waals surface area contributed by atoms with Gasteiger partial charge in [-0.1, -0.05) is 12.1 Å². The van der Waals surface area contributed by atoms with E-state index in [9.17, 15) is 9.59 Å². The first-order valence-electron chi connectivity index (χ1n) is 5.63. The molecule has 5 nitrogen and oxygen atoms in total. The summed E-state index contributed by atoms with van der Waals surface area (Å²) < 4.78 is 0. The third kappa shape index (κ3) is 5.20. The molecule has 1 rings (SSSR count). The summed E-state index contributed by atoms with van der Waals surface area (Å²) in [6, 6.07) is 7.44. The van der Waals surface area contributed by atoms with Crippen LogP contribution in [0.15, 0.2) is 29.2 Å². The Morgan fingerprint density at radius 3 is 2.61 bits per heavy atom. The molecule has 0 aliphatic heterocycles. The van der Waals surface area contributed by atoms with E-state index in [0.29, 0.717) is 25.1 Å². The Morgan fingerprint density at radius 2 is 1.94 bits per heavy atom. The smallest absolute Gasteiger partial charge is 0.225 e. The van der Waals surface area contributed by atoms with Crippen LogP contribution in [0.2, 0.25) is 0 Å². The van der Waals surface area contributed by atoms with Crippen LogP contribution >= 0.6 is 11.8 Å². The Labute approximate surface area is 110 Å². The Kier molecular flexibility index (Phi) is 6.24. The molecular weight excluding hydrogens is 250 g/mol. The van der Waals surface area contributed by atoms with Crippen LogP contribution in [0.1, 0.15) is 12.8 Å². The molecule has 0 aliphatic rings. The minimum atomic E-state index is -0.327. The Bertz CT molecular complexity index is 424. The molecular formula is C12H17N3O2S. The molecule has 0 spiro atoms. The van der Waals surface area contributed by atoms with Crippen molar-refractivity contribution in [1.29, 1.82) is 0 Å². The third-order valence-corrected chi connectivity index (χ3v) is 3.21. The number of nitrogens with one attached hydrogen (secondary N) is 1. The molecule has 0 bridgehead atoms. The highest BCUT2D eigenvalue weighted by molar-refractivity contribution is 7.99. The predicted octanol–water partition coefficient (Wildman–Crippen LogP) is 0.941. The first kappa shape index (κ1) is 14.5. The Balaban J connectivity index is 2.61. The zero-order valence-corrected chi connectivity index (χ0v) is 10.8. The van der Waals surface area contributed by atoms with Crippen LogP contribution in [0.25, 0.3) is 0 Å². The molecule has 5 N–H and O–H groups in total. The zero-order valence-electron chi connectivity index (χ0n) is 10.0. The topological polar surface area (TPSA) is 98.2 Å². The van der Waals surface area contributed by atoms with Gasteiger partial charge in [0.05, 0.1) is 5.69 Å². The maximum atomic E-state index is 11.5. The average molecular weight is 267 g/mol. The van der Waals surface area contributed by atoms with E-state index in [1.54, 1.807) is 0 Å². The summed E-state index contributed by atoms with van der Waals surface area (Å²) in [4.78, 5) is 23.1. The second-order valence-electron chi connectivity index (χ2n) is 3.65. The molecule has 0 aliphatic carbocycles. The quantitative estimate of drug-likeness (QED) is 0.640. The van der Waals surface area contributed by atoms with Crippen molar-refractivity contribution < 1.29 is 9.59 Å². The van der Waals surface area contributed by atoms with Crippen LogP contribution in [0.4, 0.5) is 5.69 Å². The van der Waals surface area contributed by atoms with E-state index < -0.39 is 0 Å². The number of anilines is 1. The van der Waals surface area contributed by atoms with Crippen LogP contribution in [-0.4, -0.2) is 24.1 Å². The predicted molar refractivity (Wildman–Crippen MR) is 73.3 cm³/mol. The van der Waals surface area contributed by atoms with Crippen molar-refractivity contribution in [2.45, 2.75) is 17.7 Å². The Morgan fingerprint density at radius 1 is 1.22 bits per heavy atom. The van der Waals surface area contributed by atoms with Gasteiger partial charge in [0.15, 0.2) is 0 Å². The molecule has 0 saturated heterocycles. The van der Waals surface area contributed by atoms with Gasteiger partial charge in [-0.05, 0) is 12.1 Å². The normalized spacial score (nSPS) is 10.1. The van der Waals surface area contributed by atoms with E-state index in [0.717, 1.165) is 10.6 Å². The standard InChI is InChI=1S/C12H17N3O2S/c13-7-5-12(17)15-9-3-1-2-4-10(9)18-8-6-11(14)16/h1-4H,5-8,13H2,(H2,14,16)(H,15,17). The van der Waals surface area contributed by atoms with Crippen molar-refractivity contribution >= 4 is 29.3 Å². The summed E-state index contributed by atoms with van der Waals surface area (Å²) in [5.41, 5.74) is 11.1. The molecule has 0 fully saturated rings. The van der Waals surface area contributed by atoms with Gasteiger partial charge in [0.25, 0.3) is 0 Å². The van der Waals surface area contributed by atoms with E-state index in [1.165, 1.54) is 11.8 Å². The fourth-order valence-corrected chi connectivity index (χ4v) is 2.27. The molecule has 0 saturated carbocycles. The van der Waals surface area contributed by atoms with Crippen molar-refractivity contribution in [2.75, 3.05) is 17.6 Å². The molecule has 0 radical (unpaired) electrons. The first-order valence-corrected chi connectivity index (χ1v) is 6.62. The summed E-state index contributed by atoms with van der Waals surface area (Å²) in [5, 5.41) is 2.79. The van der Waals surface area contributed by atoms with Gasteiger partial charge in [-0.25, -0.2) is 0 Å². The zero-order chi connectivity index (χ0) is 13.4. The van der Waals surface area contributed by atoms with Crippen molar-refractivity contribution in [3.8, 4) is 0 Å². The lowest BCUT2D eigenvalue weighted by atomic mass is 10.3. The number of carbonyl (C=O) groups is 2. The molecule has 0 atom stereocenters. The maximum Gasteiger partial charge on any atom is 0.225 e. The van der Waals surface area contributed by atoms with Gasteiger partial charge in [-0.3, -0.25) is 9.59 Å². The lowest BCUT2D eigenvalue weighted by Gasteiger charge is -2.09. The van der Waals surface area contributed by atoms with E-state index in [2.05, 4.69) is 5.32 Å². The highest BCUT2D eigenvalue weighted by Gasteiger charge is 2.06. The van der Waals surface area contributed by atoms with Crippen LogP contribution < -0.4 is 16.8 Å². The van der Waals surface area contributed by atoms with Gasteiger partial charge in [0.2, 0.25) is 11.8 Å². The molecule has 0 aromatic heterocycles. The summed E-state index contributed by atoms with van der Waals surface area (Å²) in [5.74, 6) is 0.159. The van der Waals surface area contributed by atoms with E-state index in [-0.39, 0.29) is 11.8 Å². The Hall–Kier alpha value is -1.53. The largest absolute Gasteiger partial charge is 0.370 e. The van der Waals surface area contributed by atoms with Crippen LogP contribution in [-0.2, 0) is 9.59 Å². The maximum absolute atomic E-state index is 11.5. The summed E-state index contributed by atoms with van der Waals surface area (Å²) in [6.45, 7) is 0.322. The number of amides is 2. The van der Waals surface area contributed by atoms with Gasteiger partial charge in [-0.2, -0.15) is 0 Å². The fraction of sp³-hybridized carbons (Fsp3) is 0.333. The average Bonchev–Trinajstić information content (AvgIpc) is 2.31. The number of thioether (sulfide) groups is 1. The minimum absolute atomic E-state index is 0.111. The number of hydrogen-bond acceptors (Lipinski definition) is 4. The van der Waals surface area contributed by atoms with Crippen LogP contribution in [0.5, 0.6) is 0 Å². The lowest BCUT2D eigenvalue weighted by molar-refractivity contribution is -0.118. The van der Waals surface area contributed by atoms with Crippen molar-refractivity contribution in [3.63, 3.8) is 0 Å². The molecule has 1 aromatic carbocycles. The highest BCUT2D eigenvalue weighted by atomic mass is 32.2. The van der Waals surface area contributed by atoms with E-state index in [1.807, 2.05) is 24.3 Å². The molecule has 1 aromatic rings. The molecule has 98 valence electrons. The number of carbonyl (C=O) groups excluding carboxylic acids is 2. The number of hydrogen-bond donors (Lipinski definition) is 3. The van der Waals surface area contributed by atoms with E-state index >= 15 is 0 Å². The summed E-state index contributed by atoms with van der Waals surface area (Å²) >= 11 is 1.49. The van der Waals surface area contributed by atoms with E-state index in [4.69, 9.17) is 11.5 Å². The lowest BCUT2D eigenvalue weighted by Crippen LogP contribution is -2.16. The molecule has 18 heavy (non-hydrogen) atoms. The van der Waals surface area contributed by atoms with Gasteiger partial charge in [0, 0.05) is 30.0 Å². The minimum Gasteiger partial charge on any atom is -0.370 e. The number of para-hydroxylation sites is 1. The second-order valence-corrected chi connectivity index (χ2v) is 4.78. The second kappa shape index (κ2) is 7.73. The molecule has 0 unspecified atom stereocenters. The number of benzene rings is 1. The number of nitrogens with two attached hydrogens (primary N) is 2. The fourth-order valence-electron chi connectivity index (χ4n) is 1.30. The SMILES string of the molecule is NCCC(=O)Nc1ccccc1SCCC(N)=O. The summed E-state index contributed by atoms with van der Waals surface area (Å²) in [6.07, 6.45) is 0.607.